The van der Waals surface area contributed by atoms with Crippen LogP contribution in [0.1, 0.15) is 36.6 Å². The summed E-state index contributed by atoms with van der Waals surface area (Å²) in [6, 6.07) is 14.6. The molecule has 1 atom stereocenters. The molecule has 1 aliphatic heterocycles. The highest BCUT2D eigenvalue weighted by atomic mass is 32.1. The Balaban J connectivity index is 1.64. The second-order valence-electron chi connectivity index (χ2n) is 9.54. The molecule has 1 fully saturated rings. The Hall–Kier alpha value is -4.11. The monoisotopic (exact) mass is 534 g/mol. The van der Waals surface area contributed by atoms with E-state index in [1.807, 2.05) is 26.8 Å². The summed E-state index contributed by atoms with van der Waals surface area (Å²) in [6.07, 6.45) is 0. The standard InChI is InChI=1S/C29H24F2N2O4S/c1-15(2)14-37-20-9-7-17(8-10-20)26(34)23-25(18-6-4-5-16(3)11-18)33(28(36)27(23)35)29-32-24-21(31)12-19(30)13-22(24)38-29/h4-13,15,25,34H,14H2,1-3H3/b26-23+. The number of aliphatic hydroxyl groups excluding tert-OH is 1. The summed E-state index contributed by atoms with van der Waals surface area (Å²) >= 11 is 0.892. The summed E-state index contributed by atoms with van der Waals surface area (Å²) in [7, 11) is 0. The maximum absolute atomic E-state index is 14.4. The lowest BCUT2D eigenvalue weighted by atomic mass is 9.94. The van der Waals surface area contributed by atoms with E-state index in [1.54, 1.807) is 42.5 Å². The number of benzene rings is 3. The Bertz CT molecular complexity index is 1590. The van der Waals surface area contributed by atoms with Crippen molar-refractivity contribution in [3.63, 3.8) is 0 Å². The smallest absolute Gasteiger partial charge is 0.301 e. The fraction of sp³-hybridized carbons (Fsp3) is 0.207. The van der Waals surface area contributed by atoms with Crippen molar-refractivity contribution in [1.29, 1.82) is 0 Å². The molecule has 1 N–H and O–H groups in total. The van der Waals surface area contributed by atoms with Crippen LogP contribution in [0, 0.1) is 24.5 Å². The van der Waals surface area contributed by atoms with Crippen LogP contribution in [0.25, 0.3) is 16.0 Å². The highest BCUT2D eigenvalue weighted by molar-refractivity contribution is 7.22. The van der Waals surface area contributed by atoms with Crippen molar-refractivity contribution in [3.05, 3.63) is 94.6 Å². The molecule has 6 nitrogen and oxygen atoms in total. The minimum atomic E-state index is -1.03. The van der Waals surface area contributed by atoms with Crippen LogP contribution in [0.2, 0.25) is 0 Å². The Kier molecular flexibility index (Phi) is 6.71. The molecular weight excluding hydrogens is 510 g/mol. The number of hydrogen-bond acceptors (Lipinski definition) is 6. The quantitative estimate of drug-likeness (QED) is 0.173. The van der Waals surface area contributed by atoms with Crippen LogP contribution in [0.3, 0.4) is 0 Å². The Morgan fingerprint density at radius 3 is 2.53 bits per heavy atom. The normalized spacial score (nSPS) is 17.1. The fourth-order valence-electron chi connectivity index (χ4n) is 4.36. The number of halogens is 2. The Morgan fingerprint density at radius 2 is 1.84 bits per heavy atom. The lowest BCUT2D eigenvalue weighted by molar-refractivity contribution is -0.132. The van der Waals surface area contributed by atoms with Crippen molar-refractivity contribution >= 4 is 44.1 Å². The molecule has 1 saturated heterocycles. The van der Waals surface area contributed by atoms with Gasteiger partial charge in [0.1, 0.15) is 22.8 Å². The number of rotatable bonds is 6. The first-order chi connectivity index (χ1) is 18.1. The number of amides is 1. The summed E-state index contributed by atoms with van der Waals surface area (Å²) in [4.78, 5) is 32.1. The zero-order chi connectivity index (χ0) is 27.1. The number of ether oxygens (including phenoxy) is 1. The molecule has 1 aliphatic rings. The number of carbonyl (C=O) groups excluding carboxylic acids is 2. The lowest BCUT2D eigenvalue weighted by Gasteiger charge is -2.23. The molecule has 1 amide bonds. The summed E-state index contributed by atoms with van der Waals surface area (Å²) in [6.45, 7) is 6.44. The minimum Gasteiger partial charge on any atom is -0.507 e. The van der Waals surface area contributed by atoms with E-state index >= 15 is 0 Å². The number of thiazole rings is 1. The molecule has 194 valence electrons. The SMILES string of the molecule is Cc1cccc(C2/C(=C(\O)c3ccc(OCC(C)C)cc3)C(=O)C(=O)N2c2nc3c(F)cc(F)cc3s2)c1. The number of aromatic nitrogens is 1. The molecule has 4 aromatic rings. The van der Waals surface area contributed by atoms with Gasteiger partial charge in [0, 0.05) is 11.6 Å². The van der Waals surface area contributed by atoms with Crippen LogP contribution < -0.4 is 9.64 Å². The van der Waals surface area contributed by atoms with Gasteiger partial charge in [-0.1, -0.05) is 55.0 Å². The van der Waals surface area contributed by atoms with Crippen LogP contribution in [-0.2, 0) is 9.59 Å². The van der Waals surface area contributed by atoms with Crippen molar-refractivity contribution in [3.8, 4) is 5.75 Å². The highest BCUT2D eigenvalue weighted by Crippen LogP contribution is 2.44. The van der Waals surface area contributed by atoms with Crippen molar-refractivity contribution < 1.29 is 28.2 Å². The van der Waals surface area contributed by atoms with Crippen molar-refractivity contribution in [1.82, 2.24) is 4.98 Å². The molecule has 0 aliphatic carbocycles. The maximum atomic E-state index is 14.4. The molecule has 0 saturated carbocycles. The first-order valence-corrected chi connectivity index (χ1v) is 12.8. The van der Waals surface area contributed by atoms with Gasteiger partial charge >= 0.3 is 5.91 Å². The molecule has 3 aromatic carbocycles. The molecule has 0 spiro atoms. The van der Waals surface area contributed by atoms with Gasteiger partial charge in [-0.2, -0.15) is 0 Å². The molecule has 0 radical (unpaired) electrons. The predicted molar refractivity (Wildman–Crippen MR) is 142 cm³/mol. The van der Waals surface area contributed by atoms with E-state index in [2.05, 4.69) is 4.98 Å². The molecule has 5 rings (SSSR count). The number of aliphatic hydroxyl groups is 1. The van der Waals surface area contributed by atoms with E-state index in [4.69, 9.17) is 4.74 Å². The van der Waals surface area contributed by atoms with Gasteiger partial charge in [0.15, 0.2) is 10.9 Å². The van der Waals surface area contributed by atoms with E-state index < -0.39 is 29.4 Å². The molecule has 1 aromatic heterocycles. The average Bonchev–Trinajstić information content (AvgIpc) is 3.41. The molecule has 2 heterocycles. The van der Waals surface area contributed by atoms with Gasteiger partial charge < -0.3 is 9.84 Å². The summed E-state index contributed by atoms with van der Waals surface area (Å²) < 4.78 is 34.2. The third-order valence-electron chi connectivity index (χ3n) is 6.12. The van der Waals surface area contributed by atoms with E-state index in [-0.39, 0.29) is 26.7 Å². The fourth-order valence-corrected chi connectivity index (χ4v) is 5.39. The van der Waals surface area contributed by atoms with Crippen molar-refractivity contribution in [2.45, 2.75) is 26.8 Å². The van der Waals surface area contributed by atoms with Crippen LogP contribution in [-0.4, -0.2) is 28.4 Å². The minimum absolute atomic E-state index is 0.0228. The van der Waals surface area contributed by atoms with Gasteiger partial charge in [-0.15, -0.1) is 0 Å². The number of carbonyl (C=O) groups is 2. The van der Waals surface area contributed by atoms with Gasteiger partial charge in [-0.05, 0) is 48.7 Å². The molecule has 1 unspecified atom stereocenters. The highest BCUT2D eigenvalue weighted by Gasteiger charge is 2.48. The third kappa shape index (κ3) is 4.65. The lowest BCUT2D eigenvalue weighted by Crippen LogP contribution is -2.29. The van der Waals surface area contributed by atoms with Gasteiger partial charge in [-0.3, -0.25) is 14.5 Å². The summed E-state index contributed by atoms with van der Waals surface area (Å²) in [5.74, 6) is -2.88. The van der Waals surface area contributed by atoms with Gasteiger partial charge in [-0.25, -0.2) is 13.8 Å². The first-order valence-electron chi connectivity index (χ1n) is 12.0. The summed E-state index contributed by atoms with van der Waals surface area (Å²) in [5, 5.41) is 11.3. The molecule has 9 heteroatoms. The molecule has 38 heavy (non-hydrogen) atoms. The van der Waals surface area contributed by atoms with Crippen LogP contribution in [0.15, 0.2) is 66.2 Å². The zero-order valence-electron chi connectivity index (χ0n) is 20.9. The van der Waals surface area contributed by atoms with Crippen LogP contribution in [0.4, 0.5) is 13.9 Å². The Labute approximate surface area is 221 Å². The number of Topliss-reactive ketones (excluding diaryl/α,β-unsaturated/α-hetero) is 1. The zero-order valence-corrected chi connectivity index (χ0v) is 21.7. The third-order valence-corrected chi connectivity index (χ3v) is 7.12. The molecular formula is C29H24F2N2O4S. The number of nitrogens with zero attached hydrogens (tertiary/aromatic N) is 2. The predicted octanol–water partition coefficient (Wildman–Crippen LogP) is 6.54. The van der Waals surface area contributed by atoms with E-state index in [9.17, 15) is 23.5 Å². The van der Waals surface area contributed by atoms with E-state index in [0.717, 1.165) is 27.9 Å². The molecule has 0 bridgehead atoms. The van der Waals surface area contributed by atoms with Crippen molar-refractivity contribution in [2.75, 3.05) is 11.5 Å². The van der Waals surface area contributed by atoms with E-state index in [1.165, 1.54) is 0 Å². The average molecular weight is 535 g/mol. The number of hydrogen-bond donors (Lipinski definition) is 1. The first kappa shape index (κ1) is 25.5. The van der Waals surface area contributed by atoms with Crippen molar-refractivity contribution in [2.24, 2.45) is 5.92 Å². The number of aryl methyl sites for hydroxylation is 1. The largest absolute Gasteiger partial charge is 0.507 e. The number of ketones is 1. The number of anilines is 1. The van der Waals surface area contributed by atoms with Gasteiger partial charge in [0.25, 0.3) is 5.78 Å². The van der Waals surface area contributed by atoms with Crippen LogP contribution >= 0.6 is 11.3 Å². The second-order valence-corrected chi connectivity index (χ2v) is 10.6. The van der Waals surface area contributed by atoms with Crippen LogP contribution in [0.5, 0.6) is 5.75 Å². The maximum Gasteiger partial charge on any atom is 0.301 e. The Morgan fingerprint density at radius 1 is 1.11 bits per heavy atom. The number of fused-ring (bicyclic) bond motifs is 1. The van der Waals surface area contributed by atoms with Gasteiger partial charge in [0.05, 0.1) is 22.9 Å². The topological polar surface area (TPSA) is 79.7 Å². The second kappa shape index (κ2) is 9.98. The summed E-state index contributed by atoms with van der Waals surface area (Å²) in [5.41, 5.74) is 1.54. The van der Waals surface area contributed by atoms with E-state index in [0.29, 0.717) is 35.5 Å². The van der Waals surface area contributed by atoms with Gasteiger partial charge in [0.2, 0.25) is 0 Å².